The SMILES string of the molecule is CC(C)(C)OC(=O)NCCc1nnnn1CCF. The van der Waals surface area contributed by atoms with E-state index in [0.717, 1.165) is 0 Å². The lowest BCUT2D eigenvalue weighted by atomic mass is 10.2. The molecule has 0 aliphatic rings. The van der Waals surface area contributed by atoms with Crippen molar-refractivity contribution in [2.75, 3.05) is 13.2 Å². The van der Waals surface area contributed by atoms with Crippen molar-refractivity contribution in [1.29, 1.82) is 0 Å². The van der Waals surface area contributed by atoms with Gasteiger partial charge in [0.1, 0.15) is 12.3 Å². The first-order valence-corrected chi connectivity index (χ1v) is 5.70. The van der Waals surface area contributed by atoms with Gasteiger partial charge in [-0.3, -0.25) is 0 Å². The van der Waals surface area contributed by atoms with Gasteiger partial charge in [0.2, 0.25) is 0 Å². The van der Waals surface area contributed by atoms with Crippen molar-refractivity contribution in [2.45, 2.75) is 39.3 Å². The molecule has 0 unspecified atom stereocenters. The number of tetrazole rings is 1. The zero-order valence-electron chi connectivity index (χ0n) is 10.8. The standard InChI is InChI=1S/C10H18FN5O2/c1-10(2,3)18-9(17)12-6-4-8-13-14-15-16(8)7-5-11/h4-7H2,1-3H3,(H,12,17). The first-order valence-electron chi connectivity index (χ1n) is 5.70. The maximum Gasteiger partial charge on any atom is 0.407 e. The second kappa shape index (κ2) is 6.27. The summed E-state index contributed by atoms with van der Waals surface area (Å²) in [4.78, 5) is 11.3. The molecule has 1 N–H and O–H groups in total. The molecule has 1 heterocycles. The zero-order valence-corrected chi connectivity index (χ0v) is 10.8. The number of aryl methyl sites for hydroxylation is 1. The van der Waals surface area contributed by atoms with Crippen molar-refractivity contribution in [3.63, 3.8) is 0 Å². The van der Waals surface area contributed by atoms with Crippen LogP contribution >= 0.6 is 0 Å². The Balaban J connectivity index is 2.33. The molecule has 8 heteroatoms. The fraction of sp³-hybridized carbons (Fsp3) is 0.800. The molecule has 0 bridgehead atoms. The lowest BCUT2D eigenvalue weighted by Crippen LogP contribution is -2.33. The highest BCUT2D eigenvalue weighted by Gasteiger charge is 2.15. The van der Waals surface area contributed by atoms with E-state index in [0.29, 0.717) is 18.8 Å². The van der Waals surface area contributed by atoms with Gasteiger partial charge in [0, 0.05) is 13.0 Å². The number of aromatic nitrogens is 4. The number of hydrogen-bond donors (Lipinski definition) is 1. The Bertz CT molecular complexity index is 388. The van der Waals surface area contributed by atoms with Gasteiger partial charge in [-0.25, -0.2) is 13.9 Å². The minimum Gasteiger partial charge on any atom is -0.444 e. The van der Waals surface area contributed by atoms with Crippen LogP contribution in [0.1, 0.15) is 26.6 Å². The van der Waals surface area contributed by atoms with Gasteiger partial charge in [-0.2, -0.15) is 0 Å². The number of carbonyl (C=O) groups is 1. The number of hydrogen-bond acceptors (Lipinski definition) is 5. The van der Waals surface area contributed by atoms with Gasteiger partial charge in [-0.05, 0) is 31.2 Å². The van der Waals surface area contributed by atoms with Crippen molar-refractivity contribution in [2.24, 2.45) is 0 Å². The molecule has 0 saturated heterocycles. The predicted octanol–water partition coefficient (Wildman–Crippen LogP) is 0.710. The Morgan fingerprint density at radius 3 is 2.83 bits per heavy atom. The Kier molecular flexibility index (Phi) is 4.99. The Hall–Kier alpha value is -1.73. The molecule has 0 aliphatic carbocycles. The number of halogens is 1. The molecule has 18 heavy (non-hydrogen) atoms. The number of nitrogens with zero attached hydrogens (tertiary/aromatic N) is 4. The smallest absolute Gasteiger partial charge is 0.407 e. The third-order valence-electron chi connectivity index (χ3n) is 1.92. The highest BCUT2D eigenvalue weighted by Crippen LogP contribution is 2.06. The van der Waals surface area contributed by atoms with Gasteiger partial charge in [0.15, 0.2) is 5.82 Å². The molecule has 1 aromatic heterocycles. The monoisotopic (exact) mass is 259 g/mol. The van der Waals surface area contributed by atoms with E-state index in [-0.39, 0.29) is 6.54 Å². The van der Waals surface area contributed by atoms with E-state index in [9.17, 15) is 9.18 Å². The Morgan fingerprint density at radius 1 is 1.50 bits per heavy atom. The molecule has 0 fully saturated rings. The van der Waals surface area contributed by atoms with Gasteiger partial charge < -0.3 is 10.1 Å². The average molecular weight is 259 g/mol. The number of rotatable bonds is 5. The minimum atomic E-state index is -0.530. The van der Waals surface area contributed by atoms with Crippen LogP contribution < -0.4 is 5.32 Å². The second-order valence-electron chi connectivity index (χ2n) is 4.69. The van der Waals surface area contributed by atoms with Crippen molar-refractivity contribution >= 4 is 6.09 Å². The van der Waals surface area contributed by atoms with Crippen molar-refractivity contribution in [3.05, 3.63) is 5.82 Å². The van der Waals surface area contributed by atoms with E-state index in [1.165, 1.54) is 4.68 Å². The van der Waals surface area contributed by atoms with Gasteiger partial charge >= 0.3 is 6.09 Å². The molecular formula is C10H18FN5O2. The number of amides is 1. The largest absolute Gasteiger partial charge is 0.444 e. The first kappa shape index (κ1) is 14.3. The number of alkyl halides is 1. The quantitative estimate of drug-likeness (QED) is 0.842. The molecule has 1 aromatic rings. The lowest BCUT2D eigenvalue weighted by Gasteiger charge is -2.19. The Morgan fingerprint density at radius 2 is 2.22 bits per heavy atom. The van der Waals surface area contributed by atoms with Crippen LogP contribution in [0, 0.1) is 0 Å². The summed E-state index contributed by atoms with van der Waals surface area (Å²) < 4.78 is 18.6. The van der Waals surface area contributed by atoms with E-state index in [1.54, 1.807) is 20.8 Å². The van der Waals surface area contributed by atoms with Gasteiger partial charge in [-0.1, -0.05) is 0 Å². The summed E-state index contributed by atoms with van der Waals surface area (Å²) in [7, 11) is 0. The van der Waals surface area contributed by atoms with Crippen LogP contribution in [-0.2, 0) is 17.7 Å². The summed E-state index contributed by atoms with van der Waals surface area (Å²) in [6, 6.07) is 0. The summed E-state index contributed by atoms with van der Waals surface area (Å²) in [5.74, 6) is 0.531. The number of ether oxygens (including phenoxy) is 1. The number of nitrogens with one attached hydrogen (secondary N) is 1. The summed E-state index contributed by atoms with van der Waals surface area (Å²) in [5.41, 5.74) is -0.528. The van der Waals surface area contributed by atoms with E-state index in [2.05, 4.69) is 20.8 Å². The van der Waals surface area contributed by atoms with Crippen LogP contribution in [0.3, 0.4) is 0 Å². The van der Waals surface area contributed by atoms with Crippen LogP contribution in [0.5, 0.6) is 0 Å². The molecule has 7 nitrogen and oxygen atoms in total. The summed E-state index contributed by atoms with van der Waals surface area (Å²) in [5, 5.41) is 13.4. The van der Waals surface area contributed by atoms with Crippen LogP contribution in [0.15, 0.2) is 0 Å². The average Bonchev–Trinajstić information content (AvgIpc) is 2.64. The summed E-state index contributed by atoms with van der Waals surface area (Å²) >= 11 is 0. The fourth-order valence-corrected chi connectivity index (χ4v) is 1.25. The van der Waals surface area contributed by atoms with E-state index in [4.69, 9.17) is 4.74 Å². The lowest BCUT2D eigenvalue weighted by molar-refractivity contribution is 0.0528. The van der Waals surface area contributed by atoms with Crippen LogP contribution in [0.4, 0.5) is 9.18 Å². The molecular weight excluding hydrogens is 241 g/mol. The highest BCUT2D eigenvalue weighted by molar-refractivity contribution is 5.67. The van der Waals surface area contributed by atoms with Gasteiger partial charge in [0.25, 0.3) is 0 Å². The molecule has 1 amide bonds. The molecule has 102 valence electrons. The van der Waals surface area contributed by atoms with E-state index in [1.807, 2.05) is 0 Å². The van der Waals surface area contributed by atoms with Crippen LogP contribution in [0.2, 0.25) is 0 Å². The normalized spacial score (nSPS) is 11.3. The predicted molar refractivity (Wildman–Crippen MR) is 61.7 cm³/mol. The molecule has 0 aliphatic heterocycles. The maximum absolute atomic E-state index is 12.2. The molecule has 0 saturated carbocycles. The minimum absolute atomic E-state index is 0.120. The van der Waals surface area contributed by atoms with Crippen molar-refractivity contribution in [3.8, 4) is 0 Å². The summed E-state index contributed by atoms with van der Waals surface area (Å²) in [6.07, 6.45) is -0.0706. The van der Waals surface area contributed by atoms with E-state index >= 15 is 0 Å². The van der Waals surface area contributed by atoms with Crippen molar-refractivity contribution < 1.29 is 13.9 Å². The third kappa shape index (κ3) is 5.07. The third-order valence-corrected chi connectivity index (χ3v) is 1.92. The number of alkyl carbamates (subject to hydrolysis) is 1. The van der Waals surface area contributed by atoms with Crippen molar-refractivity contribution in [1.82, 2.24) is 25.5 Å². The summed E-state index contributed by atoms with van der Waals surface area (Å²) in [6.45, 7) is 5.28. The number of carbonyl (C=O) groups excluding carboxylic acids is 1. The Labute approximate surface area is 105 Å². The molecule has 0 aromatic carbocycles. The highest BCUT2D eigenvalue weighted by atomic mass is 19.1. The van der Waals surface area contributed by atoms with Gasteiger partial charge in [0.05, 0.1) is 6.54 Å². The van der Waals surface area contributed by atoms with Gasteiger partial charge in [-0.15, -0.1) is 5.10 Å². The topological polar surface area (TPSA) is 81.9 Å². The molecule has 0 atom stereocenters. The zero-order chi connectivity index (χ0) is 13.6. The van der Waals surface area contributed by atoms with Crippen LogP contribution in [-0.4, -0.2) is 45.1 Å². The molecule has 0 spiro atoms. The molecule has 1 rings (SSSR count). The fourth-order valence-electron chi connectivity index (χ4n) is 1.25. The van der Waals surface area contributed by atoms with Crippen LogP contribution in [0.25, 0.3) is 0 Å². The first-order chi connectivity index (χ1) is 8.42. The maximum atomic E-state index is 12.2. The molecule has 0 radical (unpaired) electrons. The second-order valence-corrected chi connectivity index (χ2v) is 4.69. The van der Waals surface area contributed by atoms with E-state index < -0.39 is 18.4 Å².